The molecule has 0 aromatic heterocycles. The second-order valence-corrected chi connectivity index (χ2v) is 9.48. The molecule has 0 amide bonds. The third kappa shape index (κ3) is 6.49. The Labute approximate surface area is 217 Å². The van der Waals surface area contributed by atoms with Crippen LogP contribution in [0.5, 0.6) is 0 Å². The number of ether oxygens (including phenoxy) is 1. The molecule has 37 heavy (non-hydrogen) atoms. The molecule has 0 radical (unpaired) electrons. The minimum Gasteiger partial charge on any atom is -0.385 e. The number of methoxy groups -OCH3 is 1. The summed E-state index contributed by atoms with van der Waals surface area (Å²) in [6, 6.07) is 13.7. The van der Waals surface area contributed by atoms with Gasteiger partial charge in [-0.2, -0.15) is 0 Å². The van der Waals surface area contributed by atoms with Crippen molar-refractivity contribution in [3.8, 4) is 0 Å². The van der Waals surface area contributed by atoms with Crippen LogP contribution in [0.2, 0.25) is 5.02 Å². The van der Waals surface area contributed by atoms with E-state index in [0.29, 0.717) is 53.3 Å². The Hall–Kier alpha value is -2.96. The summed E-state index contributed by atoms with van der Waals surface area (Å²) >= 11 is 5.52. The van der Waals surface area contributed by atoms with Crippen molar-refractivity contribution in [2.45, 2.75) is 38.5 Å². The summed E-state index contributed by atoms with van der Waals surface area (Å²) < 4.78 is 76.6. The molecule has 0 heterocycles. The lowest BCUT2D eigenvalue weighted by Gasteiger charge is -2.11. The van der Waals surface area contributed by atoms with Gasteiger partial charge in [-0.3, -0.25) is 0 Å². The lowest BCUT2D eigenvalue weighted by Crippen LogP contribution is -2.02. The molecule has 0 saturated carbocycles. The summed E-state index contributed by atoms with van der Waals surface area (Å²) in [5, 5.41) is 0.515. The summed E-state index contributed by atoms with van der Waals surface area (Å²) in [7, 11) is 1.58. The predicted octanol–water partition coefficient (Wildman–Crippen LogP) is 8.34. The Kier molecular flexibility index (Phi) is 8.83. The van der Waals surface area contributed by atoms with E-state index in [1.165, 1.54) is 12.1 Å². The average Bonchev–Trinajstić information content (AvgIpc) is 2.86. The number of halogens is 6. The summed E-state index contributed by atoms with van der Waals surface area (Å²) in [6.45, 7) is 0.525. The Morgan fingerprint density at radius 3 is 1.95 bits per heavy atom. The molecule has 0 unspecified atom stereocenters. The first-order valence-corrected chi connectivity index (χ1v) is 12.4. The molecule has 0 N–H and O–H groups in total. The van der Waals surface area contributed by atoms with Crippen LogP contribution in [0.4, 0.5) is 22.0 Å². The normalized spacial score (nSPS) is 11.4. The van der Waals surface area contributed by atoms with Crippen molar-refractivity contribution in [3.63, 3.8) is 0 Å². The van der Waals surface area contributed by atoms with E-state index in [1.54, 1.807) is 37.4 Å². The fourth-order valence-electron chi connectivity index (χ4n) is 4.50. The topological polar surface area (TPSA) is 9.23 Å². The first kappa shape index (κ1) is 27.1. The minimum atomic E-state index is -0.846. The highest BCUT2D eigenvalue weighted by molar-refractivity contribution is 6.30. The van der Waals surface area contributed by atoms with Crippen molar-refractivity contribution < 1.29 is 26.7 Å². The zero-order valence-electron chi connectivity index (χ0n) is 20.3. The van der Waals surface area contributed by atoms with Crippen molar-refractivity contribution in [3.05, 3.63) is 117 Å². The monoisotopic (exact) mass is 532 g/mol. The molecule has 4 aromatic rings. The van der Waals surface area contributed by atoms with E-state index in [4.69, 9.17) is 16.3 Å². The molecular formula is C30H26ClF5O. The van der Waals surface area contributed by atoms with Gasteiger partial charge in [-0.15, -0.1) is 0 Å². The maximum Gasteiger partial charge on any atom is 0.145 e. The summed E-state index contributed by atoms with van der Waals surface area (Å²) in [6.07, 6.45) is 2.29. The highest BCUT2D eigenvalue weighted by atomic mass is 35.5. The molecular weight excluding hydrogens is 507 g/mol. The van der Waals surface area contributed by atoms with Gasteiger partial charge in [-0.25, -0.2) is 22.0 Å². The number of fused-ring (bicyclic) bond motifs is 1. The molecule has 0 aliphatic rings. The smallest absolute Gasteiger partial charge is 0.145 e. The van der Waals surface area contributed by atoms with Crippen LogP contribution in [-0.4, -0.2) is 13.7 Å². The average molecular weight is 533 g/mol. The number of hydrogen-bond acceptors (Lipinski definition) is 1. The van der Waals surface area contributed by atoms with Gasteiger partial charge in [-0.05, 0) is 90.4 Å². The van der Waals surface area contributed by atoms with E-state index in [2.05, 4.69) is 0 Å². The Morgan fingerprint density at radius 1 is 0.649 bits per heavy atom. The minimum absolute atomic E-state index is 0.0344. The van der Waals surface area contributed by atoms with Gasteiger partial charge in [0, 0.05) is 24.7 Å². The van der Waals surface area contributed by atoms with Crippen molar-refractivity contribution in [2.75, 3.05) is 13.7 Å². The SMILES string of the molecule is COCCCc1cc(F)c(CCc2ccc3c(F)c(CCc4cc(F)c(Cl)c(F)c4)ccc3c2)c(F)c1. The highest BCUT2D eigenvalue weighted by Gasteiger charge is 2.14. The van der Waals surface area contributed by atoms with E-state index >= 15 is 4.39 Å². The van der Waals surface area contributed by atoms with Crippen LogP contribution in [0.25, 0.3) is 10.8 Å². The Bertz CT molecular complexity index is 1370. The molecule has 4 rings (SSSR count). The van der Waals surface area contributed by atoms with Crippen molar-refractivity contribution in [1.82, 2.24) is 0 Å². The third-order valence-corrected chi connectivity index (χ3v) is 6.86. The molecule has 0 spiro atoms. The second-order valence-electron chi connectivity index (χ2n) is 9.10. The van der Waals surface area contributed by atoms with E-state index in [1.807, 2.05) is 0 Å². The van der Waals surface area contributed by atoms with Crippen LogP contribution in [0.1, 0.15) is 34.2 Å². The Morgan fingerprint density at radius 2 is 1.27 bits per heavy atom. The van der Waals surface area contributed by atoms with Crippen molar-refractivity contribution in [2.24, 2.45) is 0 Å². The molecule has 4 aromatic carbocycles. The lowest BCUT2D eigenvalue weighted by molar-refractivity contribution is 0.195. The van der Waals surface area contributed by atoms with E-state index in [0.717, 1.165) is 17.7 Å². The van der Waals surface area contributed by atoms with E-state index in [-0.39, 0.29) is 24.8 Å². The first-order chi connectivity index (χ1) is 17.8. The number of aryl methyl sites for hydroxylation is 4. The largest absolute Gasteiger partial charge is 0.385 e. The summed E-state index contributed by atoms with van der Waals surface area (Å²) in [5.41, 5.74) is 2.27. The predicted molar refractivity (Wildman–Crippen MR) is 137 cm³/mol. The van der Waals surface area contributed by atoms with Gasteiger partial charge in [0.1, 0.15) is 34.1 Å². The number of hydrogen-bond donors (Lipinski definition) is 0. The van der Waals surface area contributed by atoms with Crippen LogP contribution in [0.3, 0.4) is 0 Å². The number of benzene rings is 4. The van der Waals surface area contributed by atoms with E-state index < -0.39 is 34.1 Å². The molecule has 0 aliphatic carbocycles. The third-order valence-electron chi connectivity index (χ3n) is 6.50. The molecule has 0 saturated heterocycles. The number of rotatable bonds is 10. The van der Waals surface area contributed by atoms with Gasteiger partial charge in [-0.1, -0.05) is 41.9 Å². The van der Waals surface area contributed by atoms with Gasteiger partial charge in [0.2, 0.25) is 0 Å². The lowest BCUT2D eigenvalue weighted by atomic mass is 9.96. The zero-order chi connectivity index (χ0) is 26.5. The highest BCUT2D eigenvalue weighted by Crippen LogP contribution is 2.26. The molecule has 7 heteroatoms. The van der Waals surface area contributed by atoms with Crippen LogP contribution in [0.15, 0.2) is 54.6 Å². The summed E-state index contributed by atoms with van der Waals surface area (Å²) in [4.78, 5) is 0. The molecule has 0 fully saturated rings. The quantitative estimate of drug-likeness (QED) is 0.113. The van der Waals surface area contributed by atoms with Gasteiger partial charge in [0.05, 0.1) is 0 Å². The summed E-state index contributed by atoms with van der Waals surface area (Å²) in [5.74, 6) is -3.23. The van der Waals surface area contributed by atoms with Crippen LogP contribution < -0.4 is 0 Å². The second kappa shape index (κ2) is 12.1. The fourth-order valence-corrected chi connectivity index (χ4v) is 4.60. The standard InChI is InChI=1S/C30H26ClF5O/c1-37-12-2-3-19-14-25(32)24(26(33)15-19)11-6-18-5-10-23-22(13-18)9-8-21(30(23)36)7-4-20-16-27(34)29(31)28(35)17-20/h5,8-10,13-17H,2-4,6-7,11-12H2,1H3. The molecule has 0 bridgehead atoms. The molecule has 194 valence electrons. The fraction of sp³-hybridized carbons (Fsp3) is 0.267. The van der Waals surface area contributed by atoms with Crippen molar-refractivity contribution >= 4 is 22.4 Å². The maximum atomic E-state index is 15.2. The maximum absolute atomic E-state index is 15.2. The van der Waals surface area contributed by atoms with E-state index in [9.17, 15) is 17.6 Å². The van der Waals surface area contributed by atoms with Gasteiger partial charge in [0.15, 0.2) is 0 Å². The van der Waals surface area contributed by atoms with Crippen LogP contribution in [0, 0.1) is 29.1 Å². The van der Waals surface area contributed by atoms with Gasteiger partial charge < -0.3 is 4.74 Å². The molecule has 0 atom stereocenters. The van der Waals surface area contributed by atoms with Gasteiger partial charge in [0.25, 0.3) is 0 Å². The first-order valence-electron chi connectivity index (χ1n) is 12.1. The van der Waals surface area contributed by atoms with Crippen molar-refractivity contribution in [1.29, 1.82) is 0 Å². The van der Waals surface area contributed by atoms with Crippen LogP contribution in [-0.2, 0) is 36.8 Å². The molecule has 1 nitrogen and oxygen atoms in total. The Balaban J connectivity index is 1.44. The van der Waals surface area contributed by atoms with Gasteiger partial charge >= 0.3 is 0 Å². The zero-order valence-corrected chi connectivity index (χ0v) is 21.1. The molecule has 0 aliphatic heterocycles. The van der Waals surface area contributed by atoms with Crippen LogP contribution >= 0.6 is 11.6 Å².